The SMILES string of the molecule is CC1[C@@H](CO)O[C@@H](n2ccc(=O)[nH]c2=O)[C@H]1F.[2H]C[C@H]1O[C@@H](n2ccc(=O)[nH]c2=O)[C@@H](OC)C1OP(=S)(OCC[N+]#[C-])OC[C@H]1O[C@@H](n2ccc(=O)[nH]c2=O)[C@@H](F)C1C.[2H]C[C@H]1O[C@@H](n2ccc(=O)[nH]c2=O)[C@@H](OC)C1OP(OCC[N+]#[C-])N(C(C)C)C(C)C.[3H]OC.[3H]OC. The number of rotatable bonds is 23. The highest BCUT2D eigenvalue weighted by Gasteiger charge is 2.51. The Bertz CT molecular complexity index is 3680. The van der Waals surface area contributed by atoms with Crippen molar-refractivity contribution in [1.82, 2.24) is 42.9 Å². The van der Waals surface area contributed by atoms with Crippen LogP contribution >= 0.6 is 15.2 Å². The maximum atomic E-state index is 15.2. The second-order valence-corrected chi connectivity index (χ2v) is 25.0. The summed E-state index contributed by atoms with van der Waals surface area (Å²) in [6.45, 7) is 20.6. The maximum absolute atomic E-state index is 15.2. The number of hydrogen-bond donors (Lipinski definition) is 7. The van der Waals surface area contributed by atoms with Gasteiger partial charge in [-0.3, -0.25) is 61.9 Å². The van der Waals surface area contributed by atoms with Gasteiger partial charge >= 0.3 is 29.5 Å². The molecule has 4 saturated heterocycles. The van der Waals surface area contributed by atoms with Gasteiger partial charge in [0.1, 0.15) is 37.6 Å². The van der Waals surface area contributed by atoms with E-state index in [-0.39, 0.29) is 65.4 Å². The van der Waals surface area contributed by atoms with E-state index in [1.807, 2.05) is 32.7 Å². The van der Waals surface area contributed by atoms with Gasteiger partial charge in [0.2, 0.25) is 16.0 Å². The number of ether oxygens (including phenoxy) is 6. The standard InChI is InChI=1S/C23H29FN5O10PS.C19H31N4O6P.C10H13FN2O4.2CH4O/c1-12-14(38-20(17(12)24)28-8-5-15(30)26-22(28)32)11-36-40(41,35-10-7-25-3)39-18-13(2)37-21(19(18)34-4)29-9-6-16(31)27-23(29)33;1-12(2)23(13(3)4)30(27-11-9-20-6)29-16-14(5)28-18(17(16)26-7)22-10-8-15(24)21-19(22)25;1-5-6(4-14)17-9(8(5)11)13-3-2-7(15)12-10(13)16;2*1-2/h5-6,8-9,12-14,17-21H,7,10-11H2,1-2,4H3,(H,26,30,32)(H,27,31,33);8,10,12-14,16-18H,9,11H2,1-5,7H3,(H,21,24,25);2-3,5-6,8-9,14H,4H2,1H3,(H,12,15,16);2*2H,1H3/t12?,13-,14-,17+,18?,19+,20-,21-,40?;14-,16?,17+,18-,30?;5?,6-,8+,9-;;/m111../s1/i2D;5D;;2*2T. The van der Waals surface area contributed by atoms with Gasteiger partial charge in [-0.1, -0.05) is 13.8 Å². The number of aliphatic hydroxyl groups excluding tert-OH is 3. The zero-order chi connectivity index (χ0) is 71.7. The third kappa shape index (κ3) is 20.0. The van der Waals surface area contributed by atoms with E-state index in [1.165, 1.54) is 57.7 Å². The minimum Gasteiger partial charge on any atom is -0.400 e. The van der Waals surface area contributed by atoms with Crippen LogP contribution in [0.25, 0.3) is 9.69 Å². The van der Waals surface area contributed by atoms with E-state index in [1.54, 1.807) is 13.8 Å². The van der Waals surface area contributed by atoms with Crippen molar-refractivity contribution in [3.05, 3.63) is 155 Å². The van der Waals surface area contributed by atoms with E-state index >= 15 is 4.39 Å². The van der Waals surface area contributed by atoms with E-state index < -0.39 is 158 Å². The lowest BCUT2D eigenvalue weighted by Gasteiger charge is -2.37. The number of alkyl halides is 2. The second-order valence-electron chi connectivity index (χ2n) is 20.6. The molecule has 514 valence electrons. The van der Waals surface area contributed by atoms with Gasteiger partial charge in [-0.2, -0.15) is 0 Å². The lowest BCUT2D eigenvalue weighted by atomic mass is 10.0. The number of methoxy groups -OCH3 is 2. The number of aliphatic hydroxyl groups is 3. The number of nitrogens with one attached hydrogen (secondary N) is 4. The molecule has 0 spiro atoms. The molecule has 0 bridgehead atoms. The molecule has 4 fully saturated rings. The molecular weight excluding hydrogens is 1290 g/mol. The summed E-state index contributed by atoms with van der Waals surface area (Å²) in [7, 11) is 3.80. The van der Waals surface area contributed by atoms with Crippen LogP contribution in [0.5, 0.6) is 0 Å². The average Bonchev–Trinajstić information content (AvgIpc) is 1.81. The summed E-state index contributed by atoms with van der Waals surface area (Å²) in [5.74, 6) is -1.29. The fourth-order valence-corrected chi connectivity index (χ4v) is 13.5. The van der Waals surface area contributed by atoms with Crippen molar-refractivity contribution in [2.24, 2.45) is 11.8 Å². The van der Waals surface area contributed by atoms with Gasteiger partial charge in [-0.25, -0.2) is 45.8 Å². The molecule has 8 heterocycles. The minimum atomic E-state index is -3.76. The van der Waals surface area contributed by atoms with Crippen molar-refractivity contribution in [3.8, 4) is 0 Å². The molecule has 0 aromatic carbocycles. The van der Waals surface area contributed by atoms with Crippen molar-refractivity contribution in [2.45, 2.75) is 154 Å². The first-order valence-electron chi connectivity index (χ1n) is 30.4. The summed E-state index contributed by atoms with van der Waals surface area (Å²) in [6.07, 6.45) is -9.31. The molecule has 92 heavy (non-hydrogen) atoms. The van der Waals surface area contributed by atoms with Crippen LogP contribution < -0.4 is 45.0 Å². The normalized spacial score (nSPS) is 28.8. The van der Waals surface area contributed by atoms with Crippen LogP contribution in [0, 0.1) is 25.0 Å². The first-order chi connectivity index (χ1) is 45.6. The third-order valence-electron chi connectivity index (χ3n) is 14.1. The zero-order valence-corrected chi connectivity index (χ0v) is 54.5. The highest BCUT2D eigenvalue weighted by molar-refractivity contribution is 8.07. The van der Waals surface area contributed by atoms with Crippen LogP contribution in [-0.2, 0) is 62.8 Å². The quantitative estimate of drug-likeness (QED) is 0.0312. The molecule has 4 aliphatic rings. The Morgan fingerprint density at radius 2 is 1.04 bits per heavy atom. The number of nitrogens with zero attached hydrogens (tertiary/aromatic N) is 7. The highest BCUT2D eigenvalue weighted by atomic mass is 32.5. The van der Waals surface area contributed by atoms with Gasteiger partial charge in [-0.05, 0) is 53.3 Å². The van der Waals surface area contributed by atoms with Crippen molar-refractivity contribution < 1.29 is 77.9 Å². The number of aromatic amines is 4. The van der Waals surface area contributed by atoms with E-state index in [0.717, 1.165) is 38.1 Å². The minimum absolute atomic E-state index is 0.0721. The lowest BCUT2D eigenvalue weighted by molar-refractivity contribution is -0.0534. The highest BCUT2D eigenvalue weighted by Crippen LogP contribution is 2.55. The topological polar surface area (TPSA) is 394 Å². The van der Waals surface area contributed by atoms with Gasteiger partial charge in [0.25, 0.3) is 30.8 Å². The largest absolute Gasteiger partial charge is 0.400 e. The van der Waals surface area contributed by atoms with Crippen LogP contribution in [-0.4, -0.2) is 202 Å². The Kier molecular flexibility index (Phi) is 29.1. The number of hydrogen-bond acceptors (Lipinski definition) is 24. The van der Waals surface area contributed by atoms with Gasteiger partial charge in [-0.15, -0.1) is 0 Å². The van der Waals surface area contributed by atoms with E-state index in [2.05, 4.69) is 39.5 Å². The fraction of sp³-hybridized carbons (Fsp3) is 0.667. The number of H-pyrrole nitrogens is 4. The Hall–Kier alpha value is -5.96. The molecule has 0 amide bonds. The third-order valence-corrected chi connectivity index (χ3v) is 18.6. The number of aromatic nitrogens is 8. The molecule has 18 atom stereocenters. The Balaban J connectivity index is 0.000000316. The predicted molar refractivity (Wildman–Crippen MR) is 329 cm³/mol. The van der Waals surface area contributed by atoms with E-state index in [4.69, 9.17) is 86.7 Å². The molecule has 8 rings (SSSR count). The van der Waals surface area contributed by atoms with Gasteiger partial charge in [0.05, 0.1) is 37.6 Å². The Labute approximate surface area is 537 Å². The van der Waals surface area contributed by atoms with E-state index in [0.29, 0.717) is 0 Å². The van der Waals surface area contributed by atoms with E-state index in [9.17, 15) is 42.7 Å². The molecule has 7 N–H and O–H groups in total. The maximum Gasteiger partial charge on any atom is 0.330 e. The van der Waals surface area contributed by atoms with Crippen molar-refractivity contribution in [1.29, 1.82) is 2.86 Å². The smallest absolute Gasteiger partial charge is 0.330 e. The zero-order valence-electron chi connectivity index (χ0n) is 55.9. The van der Waals surface area contributed by atoms with Crippen LogP contribution in [0.2, 0.25) is 0 Å². The Morgan fingerprint density at radius 3 is 1.41 bits per heavy atom. The summed E-state index contributed by atoms with van der Waals surface area (Å²) in [4.78, 5) is 109. The van der Waals surface area contributed by atoms with Gasteiger partial charge < -0.3 is 71.5 Å². The van der Waals surface area contributed by atoms with Gasteiger partial charge in [0, 0.05) is 104 Å². The number of halogens is 2. The molecular formula is C54H81F2N11O22P2S. The van der Waals surface area contributed by atoms with Crippen LogP contribution in [0.15, 0.2) is 87.4 Å². The monoisotopic (exact) mass is 1370 g/mol. The van der Waals surface area contributed by atoms with Crippen molar-refractivity contribution in [2.75, 3.05) is 68.0 Å². The molecule has 0 aliphatic carbocycles. The average molecular weight is 1370 g/mol. The molecule has 6 unspecified atom stereocenters. The molecule has 4 aliphatic heterocycles. The van der Waals surface area contributed by atoms with Crippen LogP contribution in [0.4, 0.5) is 8.78 Å². The molecule has 33 nitrogen and oxygen atoms in total. The van der Waals surface area contributed by atoms with Crippen molar-refractivity contribution >= 4 is 27.1 Å². The van der Waals surface area contributed by atoms with Crippen LogP contribution in [0.1, 0.15) is 83.0 Å². The lowest BCUT2D eigenvalue weighted by Crippen LogP contribution is -2.41. The predicted octanol–water partition coefficient (Wildman–Crippen LogP) is 1.21. The Morgan fingerprint density at radius 1 is 0.663 bits per heavy atom. The summed E-state index contributed by atoms with van der Waals surface area (Å²) >= 11 is 5.62. The second kappa shape index (κ2) is 37.2. The summed E-state index contributed by atoms with van der Waals surface area (Å²) in [5, 5.41) is 16.0. The summed E-state index contributed by atoms with van der Waals surface area (Å²) in [5.41, 5.74) is -5.30. The first kappa shape index (κ1) is 71.9. The van der Waals surface area contributed by atoms with Crippen LogP contribution in [0.3, 0.4) is 0 Å². The molecule has 0 radical (unpaired) electrons. The molecule has 4 aromatic heterocycles. The van der Waals surface area contributed by atoms with Gasteiger partial charge in [0.15, 0.2) is 37.3 Å². The molecule has 0 saturated carbocycles. The summed E-state index contributed by atoms with van der Waals surface area (Å²) < 4.78 is 127. The first-order valence-corrected chi connectivity index (χ1v) is 31.8. The summed E-state index contributed by atoms with van der Waals surface area (Å²) in [6, 6.07) is 4.74. The molecule has 38 heteroatoms. The van der Waals surface area contributed by atoms with Crippen molar-refractivity contribution in [3.63, 3.8) is 0 Å². The molecule has 4 aromatic rings. The fourth-order valence-electron chi connectivity index (χ4n) is 9.66.